The van der Waals surface area contributed by atoms with Crippen LogP contribution in [-0.2, 0) is 4.74 Å². The van der Waals surface area contributed by atoms with Gasteiger partial charge in [0.25, 0.3) is 0 Å². The Morgan fingerprint density at radius 3 is 3.15 bits per heavy atom. The molecule has 0 aliphatic carbocycles. The van der Waals surface area contributed by atoms with E-state index < -0.39 is 0 Å². The number of ether oxygens (including phenoxy) is 1. The number of furan rings is 1. The van der Waals surface area contributed by atoms with Gasteiger partial charge in [0.1, 0.15) is 11.9 Å². The third-order valence-electron chi connectivity index (χ3n) is 1.58. The molecule has 0 aromatic carbocycles. The molecule has 1 atom stereocenters. The fraction of sp³-hybridized carbons (Fsp3) is 0.273. The predicted molar refractivity (Wildman–Crippen MR) is 51.0 cm³/mol. The van der Waals surface area contributed by atoms with Gasteiger partial charge in [-0.2, -0.15) is 0 Å². The van der Waals surface area contributed by atoms with Crippen LogP contribution in [0.4, 0.5) is 0 Å². The van der Waals surface area contributed by atoms with Gasteiger partial charge in [-0.3, -0.25) is 0 Å². The maximum absolute atomic E-state index is 5.42. The standard InChI is InChI=1S/C11H12O2/c1-3-6-10(12-8-4-2)11-7-5-9-13-11/h1,4-5,7,9-10H,2,6,8H2/t10-/m0/s1. The van der Waals surface area contributed by atoms with E-state index in [9.17, 15) is 0 Å². The Labute approximate surface area is 78.2 Å². The number of rotatable bonds is 5. The van der Waals surface area contributed by atoms with E-state index in [-0.39, 0.29) is 6.10 Å². The van der Waals surface area contributed by atoms with Gasteiger partial charge in [0, 0.05) is 6.42 Å². The van der Waals surface area contributed by atoms with Crippen molar-refractivity contribution in [3.05, 3.63) is 36.8 Å². The number of terminal acetylenes is 1. The molecule has 0 bridgehead atoms. The zero-order valence-electron chi connectivity index (χ0n) is 7.40. The van der Waals surface area contributed by atoms with Crippen molar-refractivity contribution < 1.29 is 9.15 Å². The molecular formula is C11H12O2. The monoisotopic (exact) mass is 176 g/mol. The molecule has 13 heavy (non-hydrogen) atoms. The Balaban J connectivity index is 2.58. The molecule has 0 aliphatic rings. The quantitative estimate of drug-likeness (QED) is 0.508. The van der Waals surface area contributed by atoms with Crippen LogP contribution in [0.3, 0.4) is 0 Å². The molecule has 1 heterocycles. The Hall–Kier alpha value is -1.46. The van der Waals surface area contributed by atoms with E-state index in [1.165, 1.54) is 0 Å². The molecule has 0 spiro atoms. The second kappa shape index (κ2) is 5.23. The summed E-state index contributed by atoms with van der Waals surface area (Å²) in [6, 6.07) is 3.67. The maximum atomic E-state index is 5.42. The summed E-state index contributed by atoms with van der Waals surface area (Å²) in [7, 11) is 0. The van der Waals surface area contributed by atoms with E-state index in [0.717, 1.165) is 5.76 Å². The second-order valence-electron chi connectivity index (χ2n) is 2.53. The van der Waals surface area contributed by atoms with Crippen molar-refractivity contribution in [3.8, 4) is 12.3 Å². The van der Waals surface area contributed by atoms with Crippen LogP contribution in [0.1, 0.15) is 18.3 Å². The second-order valence-corrected chi connectivity index (χ2v) is 2.53. The SMILES string of the molecule is C#CC[C@H](OCC=C)c1ccco1. The zero-order valence-corrected chi connectivity index (χ0v) is 7.40. The molecule has 0 amide bonds. The van der Waals surface area contributed by atoms with Crippen LogP contribution in [0.25, 0.3) is 0 Å². The molecule has 2 heteroatoms. The zero-order chi connectivity index (χ0) is 9.52. The van der Waals surface area contributed by atoms with Gasteiger partial charge >= 0.3 is 0 Å². The Kier molecular flexibility index (Phi) is 3.87. The Bertz CT molecular complexity index is 280. The first kappa shape index (κ1) is 9.63. The lowest BCUT2D eigenvalue weighted by Crippen LogP contribution is -2.02. The van der Waals surface area contributed by atoms with Gasteiger partial charge in [0.15, 0.2) is 0 Å². The molecule has 1 aromatic heterocycles. The highest BCUT2D eigenvalue weighted by atomic mass is 16.5. The number of hydrogen-bond acceptors (Lipinski definition) is 2. The molecule has 68 valence electrons. The van der Waals surface area contributed by atoms with Crippen molar-refractivity contribution in [2.24, 2.45) is 0 Å². The van der Waals surface area contributed by atoms with Crippen molar-refractivity contribution in [2.45, 2.75) is 12.5 Å². The van der Waals surface area contributed by atoms with Gasteiger partial charge in [-0.1, -0.05) is 6.08 Å². The van der Waals surface area contributed by atoms with Crippen molar-refractivity contribution in [3.63, 3.8) is 0 Å². The summed E-state index contributed by atoms with van der Waals surface area (Å²) in [6.45, 7) is 4.05. The van der Waals surface area contributed by atoms with E-state index >= 15 is 0 Å². The van der Waals surface area contributed by atoms with Crippen LogP contribution in [0, 0.1) is 12.3 Å². The summed E-state index contributed by atoms with van der Waals surface area (Å²) in [6.07, 6.45) is 8.86. The largest absolute Gasteiger partial charge is 0.467 e. The van der Waals surface area contributed by atoms with Crippen LogP contribution in [0.5, 0.6) is 0 Å². The highest BCUT2D eigenvalue weighted by Crippen LogP contribution is 2.20. The lowest BCUT2D eigenvalue weighted by molar-refractivity contribution is 0.0613. The summed E-state index contributed by atoms with van der Waals surface area (Å²) in [5.41, 5.74) is 0. The molecule has 1 rings (SSSR count). The first-order valence-electron chi connectivity index (χ1n) is 4.08. The summed E-state index contributed by atoms with van der Waals surface area (Å²) in [5.74, 6) is 3.31. The van der Waals surface area contributed by atoms with E-state index in [1.807, 2.05) is 12.1 Å². The van der Waals surface area contributed by atoms with Crippen molar-refractivity contribution in [2.75, 3.05) is 6.61 Å². The van der Waals surface area contributed by atoms with Gasteiger partial charge in [-0.25, -0.2) is 0 Å². The van der Waals surface area contributed by atoms with Crippen LogP contribution in [0.2, 0.25) is 0 Å². The first-order valence-corrected chi connectivity index (χ1v) is 4.08. The van der Waals surface area contributed by atoms with Gasteiger partial charge in [-0.15, -0.1) is 18.9 Å². The topological polar surface area (TPSA) is 22.4 Å². The molecule has 0 aliphatic heterocycles. The summed E-state index contributed by atoms with van der Waals surface area (Å²) >= 11 is 0. The van der Waals surface area contributed by atoms with Gasteiger partial charge in [0.2, 0.25) is 0 Å². The summed E-state index contributed by atoms with van der Waals surface area (Å²) in [5, 5.41) is 0. The first-order chi connectivity index (χ1) is 6.38. The van der Waals surface area contributed by atoms with Gasteiger partial charge in [0.05, 0.1) is 12.9 Å². The number of hydrogen-bond donors (Lipinski definition) is 0. The average Bonchev–Trinajstić information content (AvgIpc) is 2.65. The van der Waals surface area contributed by atoms with Crippen LogP contribution < -0.4 is 0 Å². The highest BCUT2D eigenvalue weighted by Gasteiger charge is 2.12. The molecule has 2 nitrogen and oxygen atoms in total. The van der Waals surface area contributed by atoms with Crippen LogP contribution in [0.15, 0.2) is 35.5 Å². The highest BCUT2D eigenvalue weighted by molar-refractivity contribution is 5.05. The van der Waals surface area contributed by atoms with E-state index in [1.54, 1.807) is 12.3 Å². The van der Waals surface area contributed by atoms with Crippen LogP contribution in [-0.4, -0.2) is 6.61 Å². The third kappa shape index (κ3) is 2.81. The van der Waals surface area contributed by atoms with Gasteiger partial charge < -0.3 is 9.15 Å². The van der Waals surface area contributed by atoms with Crippen molar-refractivity contribution in [1.82, 2.24) is 0 Å². The minimum atomic E-state index is -0.155. The molecule has 0 fully saturated rings. The van der Waals surface area contributed by atoms with Crippen molar-refractivity contribution in [1.29, 1.82) is 0 Å². The normalized spacial score (nSPS) is 11.9. The lowest BCUT2D eigenvalue weighted by atomic mass is 10.2. The fourth-order valence-corrected chi connectivity index (χ4v) is 1.01. The molecule has 0 saturated carbocycles. The molecule has 0 saturated heterocycles. The minimum absolute atomic E-state index is 0.155. The summed E-state index contributed by atoms with van der Waals surface area (Å²) < 4.78 is 10.6. The smallest absolute Gasteiger partial charge is 0.133 e. The van der Waals surface area contributed by atoms with Crippen molar-refractivity contribution >= 4 is 0 Å². The van der Waals surface area contributed by atoms with E-state index in [4.69, 9.17) is 15.6 Å². The average molecular weight is 176 g/mol. The summed E-state index contributed by atoms with van der Waals surface area (Å²) in [4.78, 5) is 0. The Morgan fingerprint density at radius 1 is 1.77 bits per heavy atom. The Morgan fingerprint density at radius 2 is 2.62 bits per heavy atom. The fourth-order valence-electron chi connectivity index (χ4n) is 1.01. The minimum Gasteiger partial charge on any atom is -0.467 e. The van der Waals surface area contributed by atoms with Gasteiger partial charge in [-0.05, 0) is 12.1 Å². The predicted octanol–water partition coefficient (Wildman–Crippen LogP) is 2.55. The molecule has 1 aromatic rings. The maximum Gasteiger partial charge on any atom is 0.133 e. The van der Waals surface area contributed by atoms with E-state index in [2.05, 4.69) is 12.5 Å². The molecule has 0 radical (unpaired) electrons. The molecule has 0 N–H and O–H groups in total. The third-order valence-corrected chi connectivity index (χ3v) is 1.58. The molecular weight excluding hydrogens is 164 g/mol. The molecule has 0 unspecified atom stereocenters. The van der Waals surface area contributed by atoms with E-state index in [0.29, 0.717) is 13.0 Å². The lowest BCUT2D eigenvalue weighted by Gasteiger charge is -2.10. The van der Waals surface area contributed by atoms with Crippen LogP contribution >= 0.6 is 0 Å².